The van der Waals surface area contributed by atoms with Gasteiger partial charge in [0.15, 0.2) is 0 Å². The Kier molecular flexibility index (Phi) is 3.73. The van der Waals surface area contributed by atoms with Gasteiger partial charge in [-0.15, -0.1) is 12.3 Å². The van der Waals surface area contributed by atoms with Crippen LogP contribution in [0.15, 0.2) is 0 Å². The van der Waals surface area contributed by atoms with Crippen molar-refractivity contribution in [2.75, 3.05) is 6.61 Å². The number of hydrogen-bond acceptors (Lipinski definition) is 3. The third-order valence-electron chi connectivity index (χ3n) is 2.43. The third kappa shape index (κ3) is 2.50. The third-order valence-corrected chi connectivity index (χ3v) is 2.43. The zero-order valence-electron chi connectivity index (χ0n) is 9.03. The van der Waals surface area contributed by atoms with E-state index in [1.807, 2.05) is 13.8 Å². The van der Waals surface area contributed by atoms with Crippen molar-refractivity contribution in [1.82, 2.24) is 4.90 Å². The van der Waals surface area contributed by atoms with Crippen molar-refractivity contribution < 1.29 is 14.3 Å². The van der Waals surface area contributed by atoms with E-state index >= 15 is 0 Å². The highest BCUT2D eigenvalue weighted by Gasteiger charge is 2.38. The zero-order valence-corrected chi connectivity index (χ0v) is 9.03. The summed E-state index contributed by atoms with van der Waals surface area (Å²) in [7, 11) is 0. The molecule has 1 saturated heterocycles. The first-order valence-electron chi connectivity index (χ1n) is 5.00. The highest BCUT2D eigenvalue weighted by Crippen LogP contribution is 2.20. The second-order valence-electron chi connectivity index (χ2n) is 3.86. The lowest BCUT2D eigenvalue weighted by Crippen LogP contribution is -2.41. The van der Waals surface area contributed by atoms with Crippen molar-refractivity contribution in [3.8, 4) is 12.3 Å². The molecule has 0 aliphatic carbocycles. The highest BCUT2D eigenvalue weighted by molar-refractivity contribution is 5.93. The molecule has 0 saturated carbocycles. The quantitative estimate of drug-likeness (QED) is 0.660. The van der Waals surface area contributed by atoms with Crippen LogP contribution in [0, 0.1) is 18.3 Å². The van der Waals surface area contributed by atoms with Gasteiger partial charge in [0.25, 0.3) is 0 Å². The molecule has 0 N–H and O–H groups in total. The topological polar surface area (TPSA) is 46.6 Å². The maximum atomic E-state index is 11.7. The van der Waals surface area contributed by atoms with E-state index in [0.717, 1.165) is 0 Å². The molecule has 2 amide bonds. The van der Waals surface area contributed by atoms with Crippen LogP contribution in [0.5, 0.6) is 0 Å². The summed E-state index contributed by atoms with van der Waals surface area (Å²) in [6, 6.07) is -0.150. The standard InChI is InChI=1S/C11H15NO3/c1-4-5-6-10(13)12-9(8(2)3)7-15-11(12)14/h1,8-9H,5-7H2,2-3H3/t9-/m0/s1. The molecule has 15 heavy (non-hydrogen) atoms. The first kappa shape index (κ1) is 11.6. The van der Waals surface area contributed by atoms with Crippen LogP contribution in [0.2, 0.25) is 0 Å². The zero-order chi connectivity index (χ0) is 11.4. The van der Waals surface area contributed by atoms with Crippen LogP contribution in [0.1, 0.15) is 26.7 Å². The van der Waals surface area contributed by atoms with E-state index in [0.29, 0.717) is 6.42 Å². The molecule has 1 rings (SSSR count). The minimum atomic E-state index is -0.546. The molecule has 82 valence electrons. The van der Waals surface area contributed by atoms with Gasteiger partial charge >= 0.3 is 6.09 Å². The van der Waals surface area contributed by atoms with Crippen molar-refractivity contribution in [1.29, 1.82) is 0 Å². The van der Waals surface area contributed by atoms with Crippen LogP contribution in [-0.4, -0.2) is 29.5 Å². The van der Waals surface area contributed by atoms with E-state index in [-0.39, 0.29) is 30.9 Å². The summed E-state index contributed by atoms with van der Waals surface area (Å²) in [5, 5.41) is 0. The number of terminal acetylenes is 1. The van der Waals surface area contributed by atoms with E-state index in [9.17, 15) is 9.59 Å². The van der Waals surface area contributed by atoms with Gasteiger partial charge < -0.3 is 4.74 Å². The molecule has 0 spiro atoms. The molecule has 0 bridgehead atoms. The van der Waals surface area contributed by atoms with E-state index in [2.05, 4.69) is 5.92 Å². The Morgan fingerprint density at radius 1 is 1.73 bits per heavy atom. The maximum absolute atomic E-state index is 11.7. The minimum Gasteiger partial charge on any atom is -0.447 e. The average Bonchev–Trinajstić information content (AvgIpc) is 2.56. The van der Waals surface area contributed by atoms with Gasteiger partial charge in [-0.25, -0.2) is 9.69 Å². The van der Waals surface area contributed by atoms with E-state index in [1.54, 1.807) is 0 Å². The second-order valence-corrected chi connectivity index (χ2v) is 3.86. The van der Waals surface area contributed by atoms with Crippen molar-refractivity contribution in [3.63, 3.8) is 0 Å². The van der Waals surface area contributed by atoms with Crippen molar-refractivity contribution in [3.05, 3.63) is 0 Å². The van der Waals surface area contributed by atoms with Gasteiger partial charge in [0.1, 0.15) is 6.61 Å². The summed E-state index contributed by atoms with van der Waals surface area (Å²) in [5.74, 6) is 2.34. The van der Waals surface area contributed by atoms with Crippen LogP contribution in [0.4, 0.5) is 4.79 Å². The van der Waals surface area contributed by atoms with Gasteiger partial charge in [0.05, 0.1) is 6.04 Å². The van der Waals surface area contributed by atoms with Gasteiger partial charge in [0, 0.05) is 12.8 Å². The van der Waals surface area contributed by atoms with Crippen molar-refractivity contribution >= 4 is 12.0 Å². The lowest BCUT2D eigenvalue weighted by atomic mass is 10.0. The molecule has 0 aromatic heterocycles. The summed E-state index contributed by atoms with van der Waals surface area (Å²) < 4.78 is 4.86. The Labute approximate surface area is 89.6 Å². The SMILES string of the molecule is C#CCCC(=O)N1C(=O)OC[C@H]1C(C)C. The molecule has 0 radical (unpaired) electrons. The van der Waals surface area contributed by atoms with E-state index in [4.69, 9.17) is 11.2 Å². The second kappa shape index (κ2) is 4.83. The smallest absolute Gasteiger partial charge is 0.416 e. The van der Waals surface area contributed by atoms with Crippen molar-refractivity contribution in [2.24, 2.45) is 5.92 Å². The van der Waals surface area contributed by atoms with Crippen LogP contribution in [0.25, 0.3) is 0 Å². The van der Waals surface area contributed by atoms with Crippen molar-refractivity contribution in [2.45, 2.75) is 32.7 Å². The summed E-state index contributed by atoms with van der Waals surface area (Å²) in [6.45, 7) is 4.19. The maximum Gasteiger partial charge on any atom is 0.416 e. The molecule has 1 aliphatic heterocycles. The van der Waals surface area contributed by atoms with Gasteiger partial charge in [-0.2, -0.15) is 0 Å². The van der Waals surface area contributed by atoms with Gasteiger partial charge in [-0.05, 0) is 5.92 Å². The normalized spacial score (nSPS) is 20.3. The lowest BCUT2D eigenvalue weighted by molar-refractivity contribution is -0.129. The molecule has 0 aromatic rings. The average molecular weight is 209 g/mol. The molecular formula is C11H15NO3. The molecule has 1 aliphatic rings. The van der Waals surface area contributed by atoms with Gasteiger partial charge in [-0.1, -0.05) is 13.8 Å². The van der Waals surface area contributed by atoms with Gasteiger partial charge in [-0.3, -0.25) is 4.79 Å². The Bertz CT molecular complexity index is 303. The number of cyclic esters (lactones) is 1. The molecule has 4 heteroatoms. The molecule has 0 unspecified atom stereocenters. The Hall–Kier alpha value is -1.50. The Morgan fingerprint density at radius 3 is 2.93 bits per heavy atom. The number of carbonyl (C=O) groups is 2. The molecule has 1 fully saturated rings. The van der Waals surface area contributed by atoms with Gasteiger partial charge in [0.2, 0.25) is 5.91 Å². The number of imide groups is 1. The Morgan fingerprint density at radius 2 is 2.40 bits per heavy atom. The number of hydrogen-bond donors (Lipinski definition) is 0. The van der Waals surface area contributed by atoms with Crippen LogP contribution in [-0.2, 0) is 9.53 Å². The summed E-state index contributed by atoms with van der Waals surface area (Å²) >= 11 is 0. The minimum absolute atomic E-state index is 0.150. The monoisotopic (exact) mass is 209 g/mol. The highest BCUT2D eigenvalue weighted by atomic mass is 16.6. The molecule has 1 atom stereocenters. The largest absolute Gasteiger partial charge is 0.447 e. The Balaban J connectivity index is 2.68. The van der Waals surface area contributed by atoms with Crippen LogP contribution in [0.3, 0.4) is 0 Å². The fourth-order valence-corrected chi connectivity index (χ4v) is 1.51. The predicted molar refractivity (Wildman–Crippen MR) is 54.9 cm³/mol. The first-order valence-corrected chi connectivity index (χ1v) is 5.00. The first-order chi connectivity index (χ1) is 7.07. The molecule has 4 nitrogen and oxygen atoms in total. The fraction of sp³-hybridized carbons (Fsp3) is 0.636. The van der Waals surface area contributed by atoms with Crippen LogP contribution < -0.4 is 0 Å². The molecule has 1 heterocycles. The molecular weight excluding hydrogens is 194 g/mol. The van der Waals surface area contributed by atoms with Crippen LogP contribution >= 0.6 is 0 Å². The van der Waals surface area contributed by atoms with E-state index in [1.165, 1.54) is 4.90 Å². The summed E-state index contributed by atoms with van der Waals surface area (Å²) in [6.07, 6.45) is 5.08. The lowest BCUT2D eigenvalue weighted by Gasteiger charge is -2.22. The van der Waals surface area contributed by atoms with E-state index < -0.39 is 6.09 Å². The predicted octanol–water partition coefficient (Wildman–Crippen LogP) is 1.40. The number of carbonyl (C=O) groups excluding carboxylic acids is 2. The molecule has 0 aromatic carbocycles. The number of ether oxygens (including phenoxy) is 1. The number of rotatable bonds is 3. The summed E-state index contributed by atoms with van der Waals surface area (Å²) in [4.78, 5) is 24.2. The number of nitrogens with zero attached hydrogens (tertiary/aromatic N) is 1. The fourth-order valence-electron chi connectivity index (χ4n) is 1.51. The summed E-state index contributed by atoms with van der Waals surface area (Å²) in [5.41, 5.74) is 0. The number of amides is 2.